The molecule has 1 heterocycles. The first-order valence-corrected chi connectivity index (χ1v) is 13.9. The quantitative estimate of drug-likeness (QED) is 0.200. The van der Waals surface area contributed by atoms with E-state index >= 15 is 0 Å². The lowest BCUT2D eigenvalue weighted by molar-refractivity contribution is -0.116. The van der Waals surface area contributed by atoms with Gasteiger partial charge in [-0.25, -0.2) is 17.8 Å². The Labute approximate surface area is 210 Å². The molecule has 0 spiro atoms. The third-order valence-electron chi connectivity index (χ3n) is 4.90. The molecular weight excluding hydrogens is 509 g/mol. The minimum Gasteiger partial charge on any atom is -0.495 e. The molecule has 0 saturated carbocycles. The highest BCUT2D eigenvalue weighted by Gasteiger charge is 2.17. The van der Waals surface area contributed by atoms with Gasteiger partial charge in [0.25, 0.3) is 10.0 Å². The number of fused-ring (bicyclic) bond motifs is 1. The van der Waals surface area contributed by atoms with Gasteiger partial charge in [-0.3, -0.25) is 9.52 Å². The van der Waals surface area contributed by atoms with Crippen molar-refractivity contribution in [1.29, 1.82) is 0 Å². The standard InChI is InChI=1S/C24H22FN3O4S3/c1-32-21-13-10-17(15-20(21)28-35(30,31)18-11-8-16(25)9-12-18)26-23(29)7-4-14-33-24-27-19-5-2-3-6-22(19)34-24/h2-3,5-6,8-13,15,28H,4,7,14H2,1H3,(H,26,29). The topological polar surface area (TPSA) is 97.4 Å². The number of sulfonamides is 1. The predicted molar refractivity (Wildman–Crippen MR) is 138 cm³/mol. The lowest BCUT2D eigenvalue weighted by atomic mass is 10.2. The van der Waals surface area contributed by atoms with Gasteiger partial charge in [0.2, 0.25) is 5.91 Å². The van der Waals surface area contributed by atoms with Gasteiger partial charge >= 0.3 is 0 Å². The van der Waals surface area contributed by atoms with Crippen molar-refractivity contribution in [3.05, 3.63) is 72.5 Å². The van der Waals surface area contributed by atoms with Gasteiger partial charge in [-0.2, -0.15) is 0 Å². The van der Waals surface area contributed by atoms with E-state index in [1.807, 2.05) is 24.3 Å². The summed E-state index contributed by atoms with van der Waals surface area (Å²) in [7, 11) is -2.57. The van der Waals surface area contributed by atoms with E-state index in [-0.39, 0.29) is 22.2 Å². The minimum absolute atomic E-state index is 0.0963. The number of carbonyl (C=O) groups excluding carboxylic acids is 1. The van der Waals surface area contributed by atoms with Gasteiger partial charge in [0.05, 0.1) is 27.9 Å². The molecule has 1 aromatic heterocycles. The van der Waals surface area contributed by atoms with Crippen molar-refractivity contribution in [2.75, 3.05) is 22.9 Å². The number of rotatable bonds is 10. The molecule has 4 rings (SSSR count). The van der Waals surface area contributed by atoms with Crippen LogP contribution >= 0.6 is 23.1 Å². The number of hydrogen-bond acceptors (Lipinski definition) is 7. The van der Waals surface area contributed by atoms with Gasteiger partial charge in [-0.05, 0) is 61.0 Å². The highest BCUT2D eigenvalue weighted by atomic mass is 32.2. The number of nitrogens with one attached hydrogen (secondary N) is 2. The van der Waals surface area contributed by atoms with Crippen LogP contribution in [0.25, 0.3) is 10.2 Å². The number of aromatic nitrogens is 1. The molecular formula is C24H22FN3O4S3. The molecule has 0 fully saturated rings. The normalized spacial score (nSPS) is 11.4. The molecule has 4 aromatic rings. The van der Waals surface area contributed by atoms with Crippen molar-refractivity contribution in [2.45, 2.75) is 22.1 Å². The number of anilines is 2. The Morgan fingerprint density at radius 2 is 1.89 bits per heavy atom. The van der Waals surface area contributed by atoms with Crippen LogP contribution in [-0.4, -0.2) is 32.2 Å². The zero-order valence-electron chi connectivity index (χ0n) is 18.7. The number of amides is 1. The van der Waals surface area contributed by atoms with E-state index in [2.05, 4.69) is 15.0 Å². The summed E-state index contributed by atoms with van der Waals surface area (Å²) in [6.07, 6.45) is 0.965. The minimum atomic E-state index is -3.98. The zero-order chi connectivity index (χ0) is 24.8. The number of thiazole rings is 1. The van der Waals surface area contributed by atoms with Crippen LogP contribution in [0.4, 0.5) is 15.8 Å². The molecule has 0 bridgehead atoms. The Hall–Kier alpha value is -3.15. The predicted octanol–water partition coefficient (Wildman–Crippen LogP) is 5.76. The molecule has 11 heteroatoms. The van der Waals surface area contributed by atoms with Crippen molar-refractivity contribution < 1.29 is 22.3 Å². The summed E-state index contributed by atoms with van der Waals surface area (Å²) < 4.78 is 48.3. The van der Waals surface area contributed by atoms with Crippen molar-refractivity contribution in [3.8, 4) is 5.75 Å². The fourth-order valence-corrected chi connectivity index (χ4v) is 6.35. The third-order valence-corrected chi connectivity index (χ3v) is 8.55. The van der Waals surface area contributed by atoms with E-state index in [9.17, 15) is 17.6 Å². The first-order valence-electron chi connectivity index (χ1n) is 10.6. The lowest BCUT2D eigenvalue weighted by Gasteiger charge is -2.14. The average molecular weight is 532 g/mol. The van der Waals surface area contributed by atoms with Crippen LogP contribution in [0.15, 0.2) is 76.0 Å². The van der Waals surface area contributed by atoms with Gasteiger partial charge in [0.1, 0.15) is 11.6 Å². The maximum atomic E-state index is 13.2. The zero-order valence-corrected chi connectivity index (χ0v) is 21.1. The number of ether oxygens (including phenoxy) is 1. The second-order valence-electron chi connectivity index (χ2n) is 7.42. The number of para-hydroxylation sites is 1. The maximum Gasteiger partial charge on any atom is 0.262 e. The SMILES string of the molecule is COc1ccc(NC(=O)CCCSc2nc3ccccc3s2)cc1NS(=O)(=O)c1ccc(F)cc1. The summed E-state index contributed by atoms with van der Waals surface area (Å²) in [6.45, 7) is 0. The molecule has 3 aromatic carbocycles. The molecule has 182 valence electrons. The van der Waals surface area contributed by atoms with Gasteiger partial charge in [-0.1, -0.05) is 23.9 Å². The van der Waals surface area contributed by atoms with Crippen molar-refractivity contribution >= 4 is 60.6 Å². The Morgan fingerprint density at radius 3 is 2.63 bits per heavy atom. The summed E-state index contributed by atoms with van der Waals surface area (Å²) in [5, 5.41) is 2.79. The highest BCUT2D eigenvalue weighted by Crippen LogP contribution is 2.31. The Balaban J connectivity index is 1.34. The number of methoxy groups -OCH3 is 1. The third kappa shape index (κ3) is 6.50. The van der Waals surface area contributed by atoms with E-state index in [4.69, 9.17) is 4.74 Å². The monoisotopic (exact) mass is 531 g/mol. The second kappa shape index (κ2) is 11.1. The largest absolute Gasteiger partial charge is 0.495 e. The number of thioether (sulfide) groups is 1. The molecule has 2 N–H and O–H groups in total. The van der Waals surface area contributed by atoms with Crippen LogP contribution in [0.2, 0.25) is 0 Å². The van der Waals surface area contributed by atoms with Crippen LogP contribution in [0.1, 0.15) is 12.8 Å². The maximum absolute atomic E-state index is 13.2. The van der Waals surface area contributed by atoms with E-state index in [0.717, 1.165) is 32.4 Å². The molecule has 0 saturated heterocycles. The number of carbonyl (C=O) groups is 1. The fraction of sp³-hybridized carbons (Fsp3) is 0.167. The van der Waals surface area contributed by atoms with Crippen molar-refractivity contribution in [3.63, 3.8) is 0 Å². The van der Waals surface area contributed by atoms with Gasteiger partial charge in [0, 0.05) is 17.9 Å². The molecule has 35 heavy (non-hydrogen) atoms. The van der Waals surface area contributed by atoms with E-state index in [0.29, 0.717) is 18.5 Å². The first-order chi connectivity index (χ1) is 16.8. The Kier molecular flexibility index (Phi) is 7.89. The average Bonchev–Trinajstić information content (AvgIpc) is 3.25. The summed E-state index contributed by atoms with van der Waals surface area (Å²) in [6, 6.07) is 17.1. The first kappa shape index (κ1) is 25.0. The number of halogens is 1. The molecule has 1 amide bonds. The highest BCUT2D eigenvalue weighted by molar-refractivity contribution is 8.01. The summed E-state index contributed by atoms with van der Waals surface area (Å²) in [4.78, 5) is 16.9. The molecule has 0 aliphatic rings. The smallest absolute Gasteiger partial charge is 0.262 e. The fourth-order valence-electron chi connectivity index (χ4n) is 3.21. The van der Waals surface area contributed by atoms with Crippen molar-refractivity contribution in [2.24, 2.45) is 0 Å². The number of nitrogens with zero attached hydrogens (tertiary/aromatic N) is 1. The number of hydrogen-bond donors (Lipinski definition) is 2. The van der Waals surface area contributed by atoms with Crippen LogP contribution in [-0.2, 0) is 14.8 Å². The van der Waals surface area contributed by atoms with Crippen LogP contribution in [0, 0.1) is 5.82 Å². The van der Waals surface area contributed by atoms with Gasteiger partial charge < -0.3 is 10.1 Å². The Morgan fingerprint density at radius 1 is 1.11 bits per heavy atom. The lowest BCUT2D eigenvalue weighted by Crippen LogP contribution is -2.15. The van der Waals surface area contributed by atoms with Crippen LogP contribution < -0.4 is 14.8 Å². The molecule has 0 unspecified atom stereocenters. The summed E-state index contributed by atoms with van der Waals surface area (Å²) in [5.41, 5.74) is 1.55. The summed E-state index contributed by atoms with van der Waals surface area (Å²) in [5.74, 6) is 0.302. The molecule has 7 nitrogen and oxygen atoms in total. The van der Waals surface area contributed by atoms with Gasteiger partial charge in [0.15, 0.2) is 4.34 Å². The van der Waals surface area contributed by atoms with Gasteiger partial charge in [-0.15, -0.1) is 11.3 Å². The van der Waals surface area contributed by atoms with E-state index in [1.54, 1.807) is 35.2 Å². The Bertz CT molecular complexity index is 1410. The molecule has 0 radical (unpaired) electrons. The number of benzene rings is 3. The summed E-state index contributed by atoms with van der Waals surface area (Å²) >= 11 is 3.25. The molecule has 0 atom stereocenters. The van der Waals surface area contributed by atoms with Crippen LogP contribution in [0.5, 0.6) is 5.75 Å². The molecule has 0 aliphatic carbocycles. The van der Waals surface area contributed by atoms with E-state index < -0.39 is 15.8 Å². The molecule has 0 aliphatic heterocycles. The van der Waals surface area contributed by atoms with E-state index in [1.165, 1.54) is 25.3 Å². The van der Waals surface area contributed by atoms with Crippen molar-refractivity contribution in [1.82, 2.24) is 4.98 Å². The van der Waals surface area contributed by atoms with Crippen LogP contribution in [0.3, 0.4) is 0 Å². The second-order valence-corrected chi connectivity index (χ2v) is 11.5.